The summed E-state index contributed by atoms with van der Waals surface area (Å²) in [5.41, 5.74) is 2.34. The molecule has 0 aliphatic heterocycles. The lowest BCUT2D eigenvalue weighted by atomic mass is 10.2. The Bertz CT molecular complexity index is 488. The minimum Gasteiger partial charge on any atom is -0.468 e. The van der Waals surface area contributed by atoms with E-state index in [0.29, 0.717) is 0 Å². The maximum absolute atomic E-state index is 5.39. The summed E-state index contributed by atoms with van der Waals surface area (Å²) in [5, 5.41) is 0. The largest absolute Gasteiger partial charge is 0.468 e. The molecule has 0 amide bonds. The zero-order valence-corrected chi connectivity index (χ0v) is 11.4. The van der Waals surface area contributed by atoms with Crippen LogP contribution in [0.25, 0.3) is 0 Å². The van der Waals surface area contributed by atoms with Gasteiger partial charge in [-0.05, 0) is 30.2 Å². The monoisotopic (exact) mass is 256 g/mol. The Morgan fingerprint density at radius 2 is 2.21 bits per heavy atom. The minimum absolute atomic E-state index is 0.774. The fraction of sp³-hybridized carbons (Fsp3) is 0.312. The van der Waals surface area contributed by atoms with Crippen LogP contribution in [0.4, 0.5) is 0 Å². The highest BCUT2D eigenvalue weighted by Gasteiger charge is 2.08. The van der Waals surface area contributed by atoms with Gasteiger partial charge in [0, 0.05) is 19.3 Å². The molecule has 3 heteroatoms. The van der Waals surface area contributed by atoms with Crippen molar-refractivity contribution in [2.24, 2.45) is 0 Å². The molecule has 2 heterocycles. The Morgan fingerprint density at radius 1 is 1.32 bits per heavy atom. The van der Waals surface area contributed by atoms with Crippen molar-refractivity contribution in [3.63, 3.8) is 0 Å². The van der Waals surface area contributed by atoms with Gasteiger partial charge in [-0.15, -0.1) is 6.58 Å². The van der Waals surface area contributed by atoms with Gasteiger partial charge in [-0.1, -0.05) is 19.1 Å². The average molecular weight is 256 g/mol. The molecule has 100 valence electrons. The van der Waals surface area contributed by atoms with Gasteiger partial charge in [-0.2, -0.15) is 0 Å². The molecule has 19 heavy (non-hydrogen) atoms. The van der Waals surface area contributed by atoms with Crippen LogP contribution in [0.1, 0.15) is 23.9 Å². The van der Waals surface area contributed by atoms with Gasteiger partial charge in [0.05, 0.1) is 18.5 Å². The van der Waals surface area contributed by atoms with E-state index in [4.69, 9.17) is 4.42 Å². The molecule has 0 spiro atoms. The van der Waals surface area contributed by atoms with Gasteiger partial charge in [0.15, 0.2) is 0 Å². The summed E-state index contributed by atoms with van der Waals surface area (Å²) in [5.74, 6) is 0.965. The first-order valence-electron chi connectivity index (χ1n) is 6.61. The molecule has 0 atom stereocenters. The number of hydrogen-bond acceptors (Lipinski definition) is 3. The summed E-state index contributed by atoms with van der Waals surface area (Å²) >= 11 is 0. The van der Waals surface area contributed by atoms with Crippen LogP contribution in [0.2, 0.25) is 0 Å². The zero-order chi connectivity index (χ0) is 13.5. The molecule has 0 aliphatic carbocycles. The van der Waals surface area contributed by atoms with Gasteiger partial charge in [-0.25, -0.2) is 0 Å². The molecule has 2 rings (SSSR count). The molecule has 0 unspecified atom stereocenters. The van der Waals surface area contributed by atoms with Crippen LogP contribution < -0.4 is 0 Å². The fourth-order valence-corrected chi connectivity index (χ4v) is 1.98. The third-order valence-corrected chi connectivity index (χ3v) is 3.03. The number of furan rings is 1. The Morgan fingerprint density at radius 3 is 2.79 bits per heavy atom. The quantitative estimate of drug-likeness (QED) is 0.711. The van der Waals surface area contributed by atoms with Gasteiger partial charge in [-0.3, -0.25) is 9.88 Å². The molecule has 0 fully saturated rings. The van der Waals surface area contributed by atoms with E-state index in [1.54, 1.807) is 6.26 Å². The number of aromatic nitrogens is 1. The lowest BCUT2D eigenvalue weighted by molar-refractivity contribution is 0.257. The number of hydrogen-bond donors (Lipinski definition) is 0. The Balaban J connectivity index is 2.00. The second kappa shape index (κ2) is 6.90. The van der Waals surface area contributed by atoms with Crippen LogP contribution in [0.15, 0.2) is 53.8 Å². The van der Waals surface area contributed by atoms with Crippen LogP contribution in [0.3, 0.4) is 0 Å². The van der Waals surface area contributed by atoms with Crippen molar-refractivity contribution in [2.75, 3.05) is 6.54 Å². The van der Waals surface area contributed by atoms with E-state index < -0.39 is 0 Å². The molecule has 0 bridgehead atoms. The van der Waals surface area contributed by atoms with Crippen LogP contribution in [0, 0.1) is 0 Å². The third kappa shape index (κ3) is 4.07. The summed E-state index contributed by atoms with van der Waals surface area (Å²) in [6, 6.07) is 8.14. The van der Waals surface area contributed by atoms with Crippen molar-refractivity contribution in [1.29, 1.82) is 0 Å². The van der Waals surface area contributed by atoms with Crippen molar-refractivity contribution in [3.8, 4) is 0 Å². The first-order chi connectivity index (χ1) is 9.31. The van der Waals surface area contributed by atoms with E-state index in [1.807, 2.05) is 24.4 Å². The Hall–Kier alpha value is -1.87. The molecule has 2 aromatic heterocycles. The van der Waals surface area contributed by atoms with E-state index in [9.17, 15) is 0 Å². The van der Waals surface area contributed by atoms with E-state index in [-0.39, 0.29) is 0 Å². The predicted molar refractivity (Wildman–Crippen MR) is 76.6 cm³/mol. The molecule has 0 radical (unpaired) electrons. The minimum atomic E-state index is 0.774. The van der Waals surface area contributed by atoms with Crippen LogP contribution >= 0.6 is 0 Å². The summed E-state index contributed by atoms with van der Waals surface area (Å²) in [4.78, 5) is 6.74. The lowest BCUT2D eigenvalue weighted by Crippen LogP contribution is -2.23. The van der Waals surface area contributed by atoms with E-state index >= 15 is 0 Å². The maximum atomic E-state index is 5.39. The van der Waals surface area contributed by atoms with Gasteiger partial charge >= 0.3 is 0 Å². The first kappa shape index (κ1) is 13.6. The highest BCUT2D eigenvalue weighted by Crippen LogP contribution is 2.10. The number of nitrogens with zero attached hydrogens (tertiary/aromatic N) is 2. The zero-order valence-electron chi connectivity index (χ0n) is 11.4. The van der Waals surface area contributed by atoms with Crippen molar-refractivity contribution in [1.82, 2.24) is 9.88 Å². The van der Waals surface area contributed by atoms with Crippen molar-refractivity contribution < 1.29 is 4.42 Å². The average Bonchev–Trinajstić information content (AvgIpc) is 2.93. The van der Waals surface area contributed by atoms with Crippen LogP contribution in [-0.4, -0.2) is 16.4 Å². The van der Waals surface area contributed by atoms with Crippen LogP contribution in [0.5, 0.6) is 0 Å². The van der Waals surface area contributed by atoms with Crippen molar-refractivity contribution >= 4 is 0 Å². The lowest BCUT2D eigenvalue weighted by Gasteiger charge is -2.18. The standard InChI is InChI=1S/C16H20N2O/c1-3-9-18(13-16-6-5-10-19-16)12-15-8-7-14(4-2)11-17-15/h3,5-8,10-11H,1,4,9,12-13H2,2H3. The van der Waals surface area contributed by atoms with Gasteiger partial charge < -0.3 is 4.42 Å². The molecular formula is C16H20N2O. The number of aryl methyl sites for hydroxylation is 1. The van der Waals surface area contributed by atoms with Gasteiger partial charge in [0.25, 0.3) is 0 Å². The number of rotatable bonds is 7. The molecule has 0 N–H and O–H groups in total. The summed E-state index contributed by atoms with van der Waals surface area (Å²) in [6.07, 6.45) is 6.59. The highest BCUT2D eigenvalue weighted by molar-refractivity contribution is 5.14. The van der Waals surface area contributed by atoms with E-state index in [2.05, 4.69) is 35.5 Å². The molecule has 0 saturated carbocycles. The predicted octanol–water partition coefficient (Wildman–Crippen LogP) is 3.43. The second-order valence-electron chi connectivity index (χ2n) is 4.55. The van der Waals surface area contributed by atoms with Crippen molar-refractivity contribution in [2.45, 2.75) is 26.4 Å². The normalized spacial score (nSPS) is 10.8. The fourth-order valence-electron chi connectivity index (χ4n) is 1.98. The Kier molecular flexibility index (Phi) is 4.93. The molecule has 0 saturated heterocycles. The summed E-state index contributed by atoms with van der Waals surface area (Å²) in [7, 11) is 0. The molecule has 0 aromatic carbocycles. The van der Waals surface area contributed by atoms with Gasteiger partial charge in [0.1, 0.15) is 5.76 Å². The molecular weight excluding hydrogens is 236 g/mol. The third-order valence-electron chi connectivity index (χ3n) is 3.03. The smallest absolute Gasteiger partial charge is 0.117 e. The topological polar surface area (TPSA) is 29.3 Å². The Labute approximate surface area is 114 Å². The van der Waals surface area contributed by atoms with Crippen LogP contribution in [-0.2, 0) is 19.5 Å². The second-order valence-corrected chi connectivity index (χ2v) is 4.55. The maximum Gasteiger partial charge on any atom is 0.117 e. The molecule has 2 aromatic rings. The van der Waals surface area contributed by atoms with Crippen molar-refractivity contribution in [3.05, 3.63) is 66.4 Å². The summed E-state index contributed by atoms with van der Waals surface area (Å²) < 4.78 is 5.39. The van der Waals surface area contributed by atoms with E-state index in [0.717, 1.165) is 37.5 Å². The van der Waals surface area contributed by atoms with Gasteiger partial charge in [0.2, 0.25) is 0 Å². The highest BCUT2D eigenvalue weighted by atomic mass is 16.3. The summed E-state index contributed by atoms with van der Waals surface area (Å²) in [6.45, 7) is 8.34. The SMILES string of the molecule is C=CCN(Cc1ccc(CC)cn1)Cc1ccco1. The molecule has 0 aliphatic rings. The van der Waals surface area contributed by atoms with E-state index in [1.165, 1.54) is 5.56 Å². The first-order valence-corrected chi connectivity index (χ1v) is 6.61. The number of pyridine rings is 1. The molecule has 3 nitrogen and oxygen atoms in total.